The molecular formula is C30H30FN3O3. The molecule has 6 rings (SSSR count). The first kappa shape index (κ1) is 23.7. The molecule has 1 unspecified atom stereocenters. The van der Waals surface area contributed by atoms with E-state index in [-0.39, 0.29) is 17.5 Å². The van der Waals surface area contributed by atoms with E-state index in [2.05, 4.69) is 35.0 Å². The van der Waals surface area contributed by atoms with Crippen molar-refractivity contribution in [1.29, 1.82) is 0 Å². The van der Waals surface area contributed by atoms with Crippen molar-refractivity contribution in [3.05, 3.63) is 99.3 Å². The number of ether oxygens (including phenoxy) is 2. The van der Waals surface area contributed by atoms with Crippen LogP contribution in [0.1, 0.15) is 30.5 Å². The van der Waals surface area contributed by atoms with Crippen molar-refractivity contribution < 1.29 is 13.9 Å². The van der Waals surface area contributed by atoms with Crippen LogP contribution >= 0.6 is 0 Å². The molecular weight excluding hydrogens is 469 g/mol. The summed E-state index contributed by atoms with van der Waals surface area (Å²) in [7, 11) is 0. The second-order valence-corrected chi connectivity index (χ2v) is 9.83. The van der Waals surface area contributed by atoms with Crippen molar-refractivity contribution in [3.63, 3.8) is 0 Å². The summed E-state index contributed by atoms with van der Waals surface area (Å²) < 4.78 is 27.4. The summed E-state index contributed by atoms with van der Waals surface area (Å²) in [6.45, 7) is 6.53. The average Bonchev–Trinajstić information content (AvgIpc) is 3.00. The lowest BCUT2D eigenvalue weighted by atomic mass is 9.91. The number of morpholine rings is 1. The highest BCUT2D eigenvalue weighted by molar-refractivity contribution is 5.97. The minimum atomic E-state index is -0.322. The highest BCUT2D eigenvalue weighted by Crippen LogP contribution is 2.39. The molecule has 6 nitrogen and oxygen atoms in total. The van der Waals surface area contributed by atoms with Crippen LogP contribution in [0.3, 0.4) is 0 Å². The number of nitrogens with one attached hydrogen (secondary N) is 1. The molecule has 1 aliphatic carbocycles. The Bertz CT molecular complexity index is 1520. The predicted molar refractivity (Wildman–Crippen MR) is 144 cm³/mol. The van der Waals surface area contributed by atoms with Gasteiger partial charge in [0.15, 0.2) is 0 Å². The number of benzene rings is 2. The van der Waals surface area contributed by atoms with Gasteiger partial charge in [0, 0.05) is 37.3 Å². The Morgan fingerprint density at radius 2 is 2.00 bits per heavy atom. The third kappa shape index (κ3) is 4.72. The maximum Gasteiger partial charge on any atom is 0.326 e. The Hall–Kier alpha value is -3.68. The van der Waals surface area contributed by atoms with Crippen LogP contribution in [-0.4, -0.2) is 53.9 Å². The third-order valence-electron chi connectivity index (χ3n) is 7.30. The second kappa shape index (κ2) is 10.00. The molecule has 1 aromatic heterocycles. The van der Waals surface area contributed by atoms with Crippen LogP contribution in [0, 0.1) is 5.82 Å². The summed E-state index contributed by atoms with van der Waals surface area (Å²) in [6, 6.07) is 10.8. The number of nitrogens with zero attached hydrogens (tertiary/aromatic N) is 2. The topological polar surface area (TPSA) is 59.5 Å². The SMILES string of the molecule is CC(CN1CCOCC1)n1c(=O)[nH]c2cc(/C=C3\C4=C(CC=CC=C4)COc4cc(F)ccc43)ccc21. The van der Waals surface area contributed by atoms with Gasteiger partial charge in [-0.25, -0.2) is 9.18 Å². The zero-order chi connectivity index (χ0) is 25.4. The Labute approximate surface area is 215 Å². The molecule has 1 fully saturated rings. The Morgan fingerprint density at radius 1 is 1.14 bits per heavy atom. The van der Waals surface area contributed by atoms with Gasteiger partial charge in [0.2, 0.25) is 0 Å². The summed E-state index contributed by atoms with van der Waals surface area (Å²) in [6.07, 6.45) is 11.1. The molecule has 190 valence electrons. The van der Waals surface area contributed by atoms with E-state index in [0.29, 0.717) is 12.4 Å². The number of fused-ring (bicyclic) bond motifs is 2. The van der Waals surface area contributed by atoms with E-state index in [1.807, 2.05) is 34.9 Å². The van der Waals surface area contributed by atoms with Crippen LogP contribution < -0.4 is 10.4 Å². The number of aromatic amines is 1. The molecule has 2 aliphatic heterocycles. The van der Waals surface area contributed by atoms with Crippen LogP contribution in [0.25, 0.3) is 22.7 Å². The Kier molecular flexibility index (Phi) is 6.40. The summed E-state index contributed by atoms with van der Waals surface area (Å²) in [5, 5.41) is 0. The monoisotopic (exact) mass is 499 g/mol. The van der Waals surface area contributed by atoms with Crippen molar-refractivity contribution in [2.75, 3.05) is 39.5 Å². The zero-order valence-corrected chi connectivity index (χ0v) is 20.9. The number of halogens is 1. The van der Waals surface area contributed by atoms with E-state index < -0.39 is 0 Å². The predicted octanol–water partition coefficient (Wildman–Crippen LogP) is 5.11. The van der Waals surface area contributed by atoms with Gasteiger partial charge < -0.3 is 14.5 Å². The highest BCUT2D eigenvalue weighted by Gasteiger charge is 2.22. The van der Waals surface area contributed by atoms with Crippen molar-refractivity contribution >= 4 is 22.7 Å². The molecule has 1 atom stereocenters. The normalized spacial score (nSPS) is 19.9. The van der Waals surface area contributed by atoms with Gasteiger partial charge in [0.05, 0.1) is 24.2 Å². The highest BCUT2D eigenvalue weighted by atomic mass is 19.1. The molecule has 0 spiro atoms. The quantitative estimate of drug-likeness (QED) is 0.542. The average molecular weight is 500 g/mol. The summed E-state index contributed by atoms with van der Waals surface area (Å²) >= 11 is 0. The minimum absolute atomic E-state index is 0.0284. The molecule has 1 N–H and O–H groups in total. The Balaban J connectivity index is 1.40. The van der Waals surface area contributed by atoms with Gasteiger partial charge in [-0.3, -0.25) is 9.47 Å². The number of hydrogen-bond donors (Lipinski definition) is 1. The smallest absolute Gasteiger partial charge is 0.326 e. The molecule has 3 heterocycles. The summed E-state index contributed by atoms with van der Waals surface area (Å²) in [5.74, 6) is 0.214. The maximum absolute atomic E-state index is 14.1. The van der Waals surface area contributed by atoms with E-state index in [0.717, 1.165) is 78.1 Å². The lowest BCUT2D eigenvalue weighted by molar-refractivity contribution is 0.0326. The van der Waals surface area contributed by atoms with Crippen molar-refractivity contribution in [2.45, 2.75) is 19.4 Å². The first-order chi connectivity index (χ1) is 18.1. The van der Waals surface area contributed by atoms with Gasteiger partial charge in [-0.1, -0.05) is 30.4 Å². The maximum atomic E-state index is 14.1. The number of rotatable bonds is 4. The van der Waals surface area contributed by atoms with Gasteiger partial charge in [0.1, 0.15) is 18.2 Å². The molecule has 2 aromatic carbocycles. The molecule has 3 aromatic rings. The van der Waals surface area contributed by atoms with Crippen molar-refractivity contribution in [1.82, 2.24) is 14.5 Å². The fourth-order valence-electron chi connectivity index (χ4n) is 5.47. The summed E-state index contributed by atoms with van der Waals surface area (Å²) in [4.78, 5) is 18.4. The van der Waals surface area contributed by atoms with Gasteiger partial charge in [0.25, 0.3) is 0 Å². The minimum Gasteiger partial charge on any atom is -0.488 e. The molecule has 0 radical (unpaired) electrons. The largest absolute Gasteiger partial charge is 0.488 e. The molecule has 0 amide bonds. The summed E-state index contributed by atoms with van der Waals surface area (Å²) in [5.41, 5.74) is 6.58. The standard InChI is InChI=1S/C30H30FN3O3/c1-20(18-33-11-13-36-14-12-33)34-28-10-7-21(16-27(28)32-30(34)35)15-26-24-6-4-2-3-5-22(24)19-37-29-17-23(31)8-9-25(26)29/h2-4,6-10,15-17,20H,5,11-14,18-19H2,1H3,(H,32,35)/b26-15+. The van der Waals surface area contributed by atoms with E-state index in [4.69, 9.17) is 9.47 Å². The van der Waals surface area contributed by atoms with Crippen LogP contribution in [0.4, 0.5) is 4.39 Å². The third-order valence-corrected chi connectivity index (χ3v) is 7.30. The van der Waals surface area contributed by atoms with Gasteiger partial charge in [-0.15, -0.1) is 0 Å². The van der Waals surface area contributed by atoms with Crippen LogP contribution in [0.2, 0.25) is 0 Å². The van der Waals surface area contributed by atoms with Gasteiger partial charge >= 0.3 is 5.69 Å². The zero-order valence-electron chi connectivity index (χ0n) is 20.9. The molecule has 1 saturated heterocycles. The fourth-order valence-corrected chi connectivity index (χ4v) is 5.47. The fraction of sp³-hybridized carbons (Fsp3) is 0.300. The second-order valence-electron chi connectivity index (χ2n) is 9.83. The molecule has 37 heavy (non-hydrogen) atoms. The van der Waals surface area contributed by atoms with E-state index in [1.165, 1.54) is 12.1 Å². The van der Waals surface area contributed by atoms with E-state index >= 15 is 0 Å². The molecule has 3 aliphatic rings. The first-order valence-electron chi connectivity index (χ1n) is 12.8. The van der Waals surface area contributed by atoms with Crippen LogP contribution in [0.5, 0.6) is 5.75 Å². The number of imidazole rings is 1. The van der Waals surface area contributed by atoms with Crippen LogP contribution in [-0.2, 0) is 4.74 Å². The first-order valence-corrected chi connectivity index (χ1v) is 12.8. The van der Waals surface area contributed by atoms with Crippen LogP contribution in [0.15, 0.2) is 76.6 Å². The van der Waals surface area contributed by atoms with Gasteiger partial charge in [-0.2, -0.15) is 0 Å². The molecule has 0 bridgehead atoms. The Morgan fingerprint density at radius 3 is 2.86 bits per heavy atom. The lowest BCUT2D eigenvalue weighted by Gasteiger charge is -2.29. The van der Waals surface area contributed by atoms with E-state index in [1.54, 1.807) is 6.07 Å². The van der Waals surface area contributed by atoms with Crippen molar-refractivity contribution in [2.24, 2.45) is 0 Å². The van der Waals surface area contributed by atoms with Gasteiger partial charge in [-0.05, 0) is 66.0 Å². The molecule has 7 heteroatoms. The van der Waals surface area contributed by atoms with Crippen molar-refractivity contribution in [3.8, 4) is 5.75 Å². The van der Waals surface area contributed by atoms with E-state index in [9.17, 15) is 9.18 Å². The number of aromatic nitrogens is 2. The molecule has 0 saturated carbocycles. The number of allylic oxidation sites excluding steroid dienone is 6. The lowest BCUT2D eigenvalue weighted by Crippen LogP contribution is -2.40. The number of H-pyrrole nitrogens is 1. The number of hydrogen-bond acceptors (Lipinski definition) is 4.